The van der Waals surface area contributed by atoms with E-state index in [0.717, 1.165) is 98.8 Å². The molecular formula is C48H50N12O7. The predicted molar refractivity (Wildman–Crippen MR) is 248 cm³/mol. The van der Waals surface area contributed by atoms with Crippen molar-refractivity contribution in [3.05, 3.63) is 115 Å². The van der Waals surface area contributed by atoms with Crippen molar-refractivity contribution in [2.75, 3.05) is 36.9 Å². The van der Waals surface area contributed by atoms with E-state index < -0.39 is 19.2 Å². The van der Waals surface area contributed by atoms with Crippen molar-refractivity contribution in [2.24, 2.45) is 0 Å². The molecule has 19 heteroatoms. The molecule has 6 heterocycles. The second kappa shape index (κ2) is 20.7. The van der Waals surface area contributed by atoms with Crippen LogP contribution in [0.1, 0.15) is 96.8 Å². The van der Waals surface area contributed by atoms with Gasteiger partial charge in [0.25, 0.3) is 11.1 Å². The maximum atomic E-state index is 12.9. The molecule has 2 saturated carbocycles. The van der Waals surface area contributed by atoms with Crippen LogP contribution in [0.5, 0.6) is 0 Å². The average molecular weight is 907 g/mol. The number of nitriles is 2. The maximum Gasteiger partial charge on any atom is 0.329 e. The van der Waals surface area contributed by atoms with Crippen LogP contribution in [0.4, 0.5) is 23.3 Å². The number of fused-ring (bicyclic) bond motifs is 4. The fourth-order valence-corrected chi connectivity index (χ4v) is 9.28. The van der Waals surface area contributed by atoms with Crippen molar-refractivity contribution in [1.29, 1.82) is 10.5 Å². The normalized spacial score (nSPS) is 15.6. The number of rotatable bonds is 8. The van der Waals surface area contributed by atoms with Crippen LogP contribution in [0.3, 0.4) is 0 Å². The Morgan fingerprint density at radius 3 is 1.67 bits per heavy atom. The molecule has 2 aliphatic carbocycles. The van der Waals surface area contributed by atoms with Crippen LogP contribution in [0.2, 0.25) is 0 Å². The topological polar surface area (TPSA) is 277 Å². The summed E-state index contributed by atoms with van der Waals surface area (Å²) in [6.07, 6.45) is 13.0. The number of aliphatic hydroxyl groups is 2. The molecule has 2 fully saturated rings. The van der Waals surface area contributed by atoms with Gasteiger partial charge in [0.15, 0.2) is 0 Å². The lowest BCUT2D eigenvalue weighted by Crippen LogP contribution is -2.37. The highest BCUT2D eigenvalue weighted by Crippen LogP contribution is 2.33. The Balaban J connectivity index is 0.000000166. The summed E-state index contributed by atoms with van der Waals surface area (Å²) in [5.41, 5.74) is 7.44. The fourth-order valence-electron chi connectivity index (χ4n) is 9.28. The summed E-state index contributed by atoms with van der Waals surface area (Å²) in [5, 5.41) is 54.2. The Labute approximate surface area is 384 Å². The average Bonchev–Trinajstić information content (AvgIpc) is 4.10. The Bertz CT molecular complexity index is 3050. The summed E-state index contributed by atoms with van der Waals surface area (Å²) in [7, 11) is 0. The van der Waals surface area contributed by atoms with Gasteiger partial charge in [0, 0.05) is 66.3 Å². The molecule has 0 bridgehead atoms. The van der Waals surface area contributed by atoms with Crippen LogP contribution < -0.4 is 27.1 Å². The molecule has 0 spiro atoms. The standard InChI is InChI=1S/C24H24N6O3.C22H22N6O.C2H4O3/c25-11-17-9-18-12-26-24(28-22(18)30(23(17)33)20-3-1-2-4-20)27-19-6-5-16-13-29(21(32)14-31)8-7-15(16)10-19;23-11-16-9-17-13-25-22(26-18-6-5-15-12-24-8-7-14(15)10-18)27-20(17)28(21(16)29)19-3-1-2-4-19;3-1-2(4)5/h5-6,9-10,12,20,31H,1-4,7-8,13-14H2,(H,26,27,28);5-6,9-10,13,19,24H,1-4,7-8,12H2,(H,25,26,27);3H,1H2,(H,4,5). The number of amides is 1. The molecule has 19 nitrogen and oxygen atoms in total. The number of carboxylic acid groups (broad SMARTS) is 1. The lowest BCUT2D eigenvalue weighted by Gasteiger charge is -2.28. The van der Waals surface area contributed by atoms with Gasteiger partial charge in [-0.15, -0.1) is 0 Å². The lowest BCUT2D eigenvalue weighted by molar-refractivity contribution is -0.140. The highest BCUT2D eigenvalue weighted by Gasteiger charge is 2.25. The third-order valence-electron chi connectivity index (χ3n) is 12.6. The van der Waals surface area contributed by atoms with E-state index in [2.05, 4.69) is 48.0 Å². The Hall–Kier alpha value is -7.58. The molecule has 0 saturated heterocycles. The number of aliphatic carboxylic acids is 1. The van der Waals surface area contributed by atoms with E-state index in [-0.39, 0.29) is 40.2 Å². The number of aromatic nitrogens is 6. The van der Waals surface area contributed by atoms with Crippen LogP contribution in [0.15, 0.2) is 70.5 Å². The van der Waals surface area contributed by atoms with Crippen LogP contribution in [-0.4, -0.2) is 87.5 Å². The molecule has 0 radical (unpaired) electrons. The molecule has 2 aromatic carbocycles. The van der Waals surface area contributed by atoms with Crippen molar-refractivity contribution in [3.63, 3.8) is 0 Å². The molecule has 67 heavy (non-hydrogen) atoms. The number of carbonyl (C=O) groups is 2. The van der Waals surface area contributed by atoms with E-state index in [4.69, 9.17) is 20.1 Å². The van der Waals surface area contributed by atoms with Gasteiger partial charge in [-0.2, -0.15) is 20.5 Å². The Morgan fingerprint density at radius 2 is 1.19 bits per heavy atom. The number of nitrogens with one attached hydrogen (secondary N) is 3. The first-order valence-corrected chi connectivity index (χ1v) is 22.4. The van der Waals surface area contributed by atoms with Crippen LogP contribution in [-0.2, 0) is 35.5 Å². The molecule has 1 amide bonds. The number of carbonyl (C=O) groups excluding carboxylic acids is 1. The van der Waals surface area contributed by atoms with Crippen molar-refractivity contribution < 1.29 is 24.9 Å². The van der Waals surface area contributed by atoms with Gasteiger partial charge in [-0.1, -0.05) is 37.8 Å². The summed E-state index contributed by atoms with van der Waals surface area (Å²) in [5.74, 6) is -0.612. The number of carboxylic acids is 1. The van der Waals surface area contributed by atoms with E-state index in [1.165, 1.54) is 11.1 Å². The minimum Gasteiger partial charge on any atom is -0.480 e. The molecule has 2 aliphatic heterocycles. The second-order valence-electron chi connectivity index (χ2n) is 16.9. The molecule has 0 atom stereocenters. The first-order chi connectivity index (χ1) is 32.6. The highest BCUT2D eigenvalue weighted by atomic mass is 16.4. The molecule has 0 unspecified atom stereocenters. The van der Waals surface area contributed by atoms with Crippen molar-refractivity contribution in [1.82, 2.24) is 39.3 Å². The SMILES string of the molecule is N#Cc1cc2cnc(Nc3ccc4c(c3)CCN(C(=O)CO)C4)nc2n(C2CCCC2)c1=O.N#Cc1cc2cnc(Nc3ccc4c(c3)CCNC4)nc2n(C2CCCC2)c1=O.O=C(O)CO. The van der Waals surface area contributed by atoms with Gasteiger partial charge in [-0.3, -0.25) is 23.5 Å². The Morgan fingerprint density at radius 1 is 0.701 bits per heavy atom. The maximum absolute atomic E-state index is 12.9. The highest BCUT2D eigenvalue weighted by molar-refractivity contribution is 5.79. The van der Waals surface area contributed by atoms with Gasteiger partial charge in [0.2, 0.25) is 17.8 Å². The minimum atomic E-state index is -1.19. The van der Waals surface area contributed by atoms with Crippen molar-refractivity contribution in [3.8, 4) is 12.1 Å². The van der Waals surface area contributed by atoms with Gasteiger partial charge < -0.3 is 36.2 Å². The number of aliphatic hydroxyl groups excluding tert-OH is 2. The third-order valence-corrected chi connectivity index (χ3v) is 12.6. The summed E-state index contributed by atoms with van der Waals surface area (Å²) in [6, 6.07) is 19.5. The molecule has 4 aliphatic rings. The summed E-state index contributed by atoms with van der Waals surface area (Å²) < 4.78 is 3.39. The summed E-state index contributed by atoms with van der Waals surface area (Å²) in [6.45, 7) is 1.68. The van der Waals surface area contributed by atoms with Gasteiger partial charge in [-0.05, 0) is 104 Å². The van der Waals surface area contributed by atoms with Gasteiger partial charge in [0.1, 0.15) is 47.8 Å². The monoisotopic (exact) mass is 906 g/mol. The second-order valence-corrected chi connectivity index (χ2v) is 16.9. The molecule has 6 aromatic rings. The quantitative estimate of drug-likeness (QED) is 0.121. The number of anilines is 4. The Kier molecular flexibility index (Phi) is 14.2. The van der Waals surface area contributed by atoms with E-state index in [9.17, 15) is 24.9 Å². The molecule has 6 N–H and O–H groups in total. The lowest BCUT2D eigenvalue weighted by atomic mass is 9.99. The van der Waals surface area contributed by atoms with Crippen LogP contribution >= 0.6 is 0 Å². The first-order valence-electron chi connectivity index (χ1n) is 22.4. The predicted octanol–water partition coefficient (Wildman–Crippen LogP) is 4.63. The number of hydrogen-bond donors (Lipinski definition) is 6. The smallest absolute Gasteiger partial charge is 0.329 e. The zero-order valence-electron chi connectivity index (χ0n) is 36.7. The fraction of sp³-hybridized carbons (Fsp3) is 0.375. The number of nitrogens with zero attached hydrogens (tertiary/aromatic N) is 9. The van der Waals surface area contributed by atoms with Gasteiger partial charge in [0.05, 0.1) is 0 Å². The molecule has 4 aromatic heterocycles. The van der Waals surface area contributed by atoms with E-state index in [0.29, 0.717) is 48.1 Å². The van der Waals surface area contributed by atoms with Gasteiger partial charge in [-0.25, -0.2) is 14.8 Å². The molecule has 10 rings (SSSR count). The van der Waals surface area contributed by atoms with E-state index in [1.807, 2.05) is 36.4 Å². The van der Waals surface area contributed by atoms with Gasteiger partial charge >= 0.3 is 5.97 Å². The zero-order chi connectivity index (χ0) is 47.0. The number of hydrogen-bond acceptors (Lipinski definition) is 15. The third kappa shape index (κ3) is 10.3. The zero-order valence-corrected chi connectivity index (χ0v) is 36.7. The van der Waals surface area contributed by atoms with Crippen LogP contribution in [0, 0.1) is 22.7 Å². The largest absolute Gasteiger partial charge is 0.480 e. The minimum absolute atomic E-state index is 0.0457. The molecular weight excluding hydrogens is 857 g/mol. The summed E-state index contributed by atoms with van der Waals surface area (Å²) >= 11 is 0. The van der Waals surface area contributed by atoms with E-state index in [1.54, 1.807) is 38.6 Å². The first kappa shape index (κ1) is 46.0. The summed E-state index contributed by atoms with van der Waals surface area (Å²) in [4.78, 5) is 66.6. The number of pyridine rings is 2. The van der Waals surface area contributed by atoms with E-state index >= 15 is 0 Å². The van der Waals surface area contributed by atoms with Crippen LogP contribution in [0.25, 0.3) is 22.1 Å². The van der Waals surface area contributed by atoms with Crippen molar-refractivity contribution >= 4 is 57.2 Å². The van der Waals surface area contributed by atoms with Crippen molar-refractivity contribution in [2.45, 2.75) is 89.4 Å². The number of benzene rings is 2. The molecule has 344 valence electrons.